The summed E-state index contributed by atoms with van der Waals surface area (Å²) in [5.74, 6) is -0.607. The highest BCUT2D eigenvalue weighted by Crippen LogP contribution is 2.33. The zero-order valence-corrected chi connectivity index (χ0v) is 12.2. The van der Waals surface area contributed by atoms with Crippen LogP contribution in [0.4, 0.5) is 13.2 Å². The van der Waals surface area contributed by atoms with Gasteiger partial charge in [0, 0.05) is 5.56 Å². The standard InChI is InChI=1S/C18H12F3NO/c1-12-6-8-13(9-7-12)17(23)15(11-22)10-14-4-2-3-5-16(14)18(19,20)21/h2-10H,1H3/b15-10+. The number of nitrogens with zero attached hydrogens (tertiary/aromatic N) is 1. The molecule has 0 saturated heterocycles. The summed E-state index contributed by atoms with van der Waals surface area (Å²) in [5, 5.41) is 9.15. The number of carbonyl (C=O) groups is 1. The van der Waals surface area contributed by atoms with E-state index in [1.54, 1.807) is 30.3 Å². The number of aryl methyl sites for hydroxylation is 1. The van der Waals surface area contributed by atoms with E-state index in [-0.39, 0.29) is 16.7 Å². The number of alkyl halides is 3. The smallest absolute Gasteiger partial charge is 0.288 e. The maximum absolute atomic E-state index is 13.0. The second-order valence-electron chi connectivity index (χ2n) is 4.95. The molecule has 2 nitrogen and oxygen atoms in total. The number of carbonyl (C=O) groups excluding carboxylic acids is 1. The maximum Gasteiger partial charge on any atom is 0.416 e. The lowest BCUT2D eigenvalue weighted by Crippen LogP contribution is -2.08. The molecule has 0 aromatic heterocycles. The van der Waals surface area contributed by atoms with Gasteiger partial charge in [0.2, 0.25) is 5.78 Å². The van der Waals surface area contributed by atoms with Gasteiger partial charge in [0.1, 0.15) is 11.6 Å². The number of rotatable bonds is 3. The quantitative estimate of drug-likeness (QED) is 0.463. The molecule has 2 aromatic rings. The van der Waals surface area contributed by atoms with E-state index >= 15 is 0 Å². The number of nitriles is 1. The average molecular weight is 315 g/mol. The van der Waals surface area contributed by atoms with Crippen molar-refractivity contribution in [2.75, 3.05) is 0 Å². The van der Waals surface area contributed by atoms with Gasteiger partial charge >= 0.3 is 6.18 Å². The molecular formula is C18H12F3NO. The monoisotopic (exact) mass is 315 g/mol. The number of benzene rings is 2. The predicted octanol–water partition coefficient (Wildman–Crippen LogP) is 4.80. The molecule has 0 aliphatic rings. The summed E-state index contributed by atoms with van der Waals surface area (Å²) in [4.78, 5) is 12.3. The first-order chi connectivity index (χ1) is 10.8. The summed E-state index contributed by atoms with van der Waals surface area (Å²) in [5.41, 5.74) is -0.244. The van der Waals surface area contributed by atoms with Crippen LogP contribution in [0.15, 0.2) is 54.1 Å². The van der Waals surface area contributed by atoms with Crippen LogP contribution in [0.2, 0.25) is 0 Å². The van der Waals surface area contributed by atoms with E-state index in [4.69, 9.17) is 5.26 Å². The van der Waals surface area contributed by atoms with E-state index in [9.17, 15) is 18.0 Å². The summed E-state index contributed by atoms with van der Waals surface area (Å²) in [6, 6.07) is 13.0. The topological polar surface area (TPSA) is 40.9 Å². The second-order valence-corrected chi connectivity index (χ2v) is 4.95. The number of hydrogen-bond donors (Lipinski definition) is 0. The van der Waals surface area contributed by atoms with Crippen molar-refractivity contribution in [3.05, 3.63) is 76.4 Å². The molecule has 0 atom stereocenters. The summed E-state index contributed by atoms with van der Waals surface area (Å²) >= 11 is 0. The van der Waals surface area contributed by atoms with Gasteiger partial charge in [-0.2, -0.15) is 18.4 Å². The molecule has 2 aromatic carbocycles. The molecule has 5 heteroatoms. The van der Waals surface area contributed by atoms with E-state index in [1.807, 2.05) is 6.92 Å². The molecule has 0 radical (unpaired) electrons. The van der Waals surface area contributed by atoms with Crippen LogP contribution in [0, 0.1) is 18.3 Å². The molecule has 116 valence electrons. The summed E-state index contributed by atoms with van der Waals surface area (Å²) in [7, 11) is 0. The van der Waals surface area contributed by atoms with Crippen LogP contribution < -0.4 is 0 Å². The molecule has 0 unspecified atom stereocenters. The summed E-state index contributed by atoms with van der Waals surface area (Å²) in [6.07, 6.45) is -3.58. The summed E-state index contributed by atoms with van der Waals surface area (Å²) in [6.45, 7) is 1.84. The molecule has 0 spiro atoms. The molecule has 0 saturated carbocycles. The third-order valence-electron chi connectivity index (χ3n) is 3.24. The van der Waals surface area contributed by atoms with Gasteiger partial charge in [-0.25, -0.2) is 0 Å². The fraction of sp³-hybridized carbons (Fsp3) is 0.111. The van der Waals surface area contributed by atoms with Crippen LogP contribution >= 0.6 is 0 Å². The SMILES string of the molecule is Cc1ccc(C(=O)/C(C#N)=C/c2ccccc2C(F)(F)F)cc1. The maximum atomic E-state index is 13.0. The highest BCUT2D eigenvalue weighted by Gasteiger charge is 2.32. The van der Waals surface area contributed by atoms with Crippen molar-refractivity contribution in [2.24, 2.45) is 0 Å². The minimum Gasteiger partial charge on any atom is -0.288 e. The molecule has 0 aliphatic carbocycles. The average Bonchev–Trinajstić information content (AvgIpc) is 2.52. The Hall–Kier alpha value is -2.87. The first-order valence-corrected chi connectivity index (χ1v) is 6.72. The van der Waals surface area contributed by atoms with Crippen LogP contribution in [-0.2, 0) is 6.18 Å². The number of Topliss-reactive ketones (excluding diaryl/α,β-unsaturated/α-hetero) is 1. The molecule has 0 amide bonds. The van der Waals surface area contributed by atoms with Gasteiger partial charge in [-0.05, 0) is 24.6 Å². The Morgan fingerprint density at radius 2 is 1.70 bits per heavy atom. The van der Waals surface area contributed by atoms with Crippen molar-refractivity contribution in [1.29, 1.82) is 5.26 Å². The Labute approximate surface area is 131 Å². The normalized spacial score (nSPS) is 11.9. The number of halogens is 3. The Kier molecular flexibility index (Phi) is 4.65. The molecule has 0 fully saturated rings. The molecule has 0 heterocycles. The molecule has 23 heavy (non-hydrogen) atoms. The van der Waals surface area contributed by atoms with Gasteiger partial charge in [0.05, 0.1) is 5.56 Å². The van der Waals surface area contributed by atoms with E-state index in [2.05, 4.69) is 0 Å². The van der Waals surface area contributed by atoms with Crippen LogP contribution in [0.1, 0.15) is 27.0 Å². The van der Waals surface area contributed by atoms with Gasteiger partial charge in [-0.3, -0.25) is 4.79 Å². The number of allylic oxidation sites excluding steroid dienone is 1. The largest absolute Gasteiger partial charge is 0.416 e. The van der Waals surface area contributed by atoms with Gasteiger partial charge in [0.15, 0.2) is 0 Å². The predicted molar refractivity (Wildman–Crippen MR) is 80.5 cm³/mol. The minimum atomic E-state index is -4.55. The van der Waals surface area contributed by atoms with Crippen molar-refractivity contribution in [3.63, 3.8) is 0 Å². The fourth-order valence-electron chi connectivity index (χ4n) is 2.05. The Balaban J connectivity index is 2.46. The van der Waals surface area contributed by atoms with Gasteiger partial charge in [0.25, 0.3) is 0 Å². The molecule has 0 N–H and O–H groups in total. The zero-order chi connectivity index (χ0) is 17.0. The van der Waals surface area contributed by atoms with Crippen LogP contribution in [0.3, 0.4) is 0 Å². The van der Waals surface area contributed by atoms with Gasteiger partial charge in [-0.15, -0.1) is 0 Å². The summed E-state index contributed by atoms with van der Waals surface area (Å²) < 4.78 is 38.9. The molecule has 0 aliphatic heterocycles. The number of ketones is 1. The van der Waals surface area contributed by atoms with Crippen molar-refractivity contribution in [2.45, 2.75) is 13.1 Å². The lowest BCUT2D eigenvalue weighted by molar-refractivity contribution is -0.137. The Morgan fingerprint density at radius 1 is 1.09 bits per heavy atom. The van der Waals surface area contributed by atoms with Crippen molar-refractivity contribution < 1.29 is 18.0 Å². The van der Waals surface area contributed by atoms with E-state index in [0.29, 0.717) is 0 Å². The third-order valence-corrected chi connectivity index (χ3v) is 3.24. The highest BCUT2D eigenvalue weighted by molar-refractivity contribution is 6.14. The first-order valence-electron chi connectivity index (χ1n) is 6.72. The Bertz CT molecular complexity index is 796. The lowest BCUT2D eigenvalue weighted by atomic mass is 9.99. The van der Waals surface area contributed by atoms with Crippen LogP contribution in [-0.4, -0.2) is 5.78 Å². The van der Waals surface area contributed by atoms with Crippen LogP contribution in [0.5, 0.6) is 0 Å². The van der Waals surface area contributed by atoms with Crippen molar-refractivity contribution >= 4 is 11.9 Å². The minimum absolute atomic E-state index is 0.211. The van der Waals surface area contributed by atoms with Gasteiger partial charge < -0.3 is 0 Å². The zero-order valence-electron chi connectivity index (χ0n) is 12.2. The van der Waals surface area contributed by atoms with E-state index in [0.717, 1.165) is 17.7 Å². The third kappa shape index (κ3) is 3.86. The van der Waals surface area contributed by atoms with E-state index < -0.39 is 17.5 Å². The lowest BCUT2D eigenvalue weighted by Gasteiger charge is -2.10. The van der Waals surface area contributed by atoms with Crippen molar-refractivity contribution in [3.8, 4) is 6.07 Å². The number of hydrogen-bond acceptors (Lipinski definition) is 2. The molecule has 2 rings (SSSR count). The Morgan fingerprint density at radius 3 is 2.26 bits per heavy atom. The fourth-order valence-corrected chi connectivity index (χ4v) is 2.05. The van der Waals surface area contributed by atoms with Crippen molar-refractivity contribution in [1.82, 2.24) is 0 Å². The molecular weight excluding hydrogens is 303 g/mol. The highest BCUT2D eigenvalue weighted by atomic mass is 19.4. The van der Waals surface area contributed by atoms with E-state index in [1.165, 1.54) is 18.2 Å². The first kappa shape index (κ1) is 16.5. The van der Waals surface area contributed by atoms with Crippen LogP contribution in [0.25, 0.3) is 6.08 Å². The molecule has 0 bridgehead atoms. The van der Waals surface area contributed by atoms with Gasteiger partial charge in [-0.1, -0.05) is 48.0 Å². The second kappa shape index (κ2) is 6.49.